The number of halogens is 3. The van der Waals surface area contributed by atoms with Crippen molar-refractivity contribution in [1.29, 1.82) is 0 Å². The van der Waals surface area contributed by atoms with Gasteiger partial charge in [0.2, 0.25) is 5.91 Å². The van der Waals surface area contributed by atoms with Crippen LogP contribution in [-0.2, 0) is 14.3 Å². The van der Waals surface area contributed by atoms with E-state index in [9.17, 15) is 28.0 Å². The molecule has 2 aliphatic rings. The second-order valence-electron chi connectivity index (χ2n) is 8.77. The van der Waals surface area contributed by atoms with E-state index in [0.29, 0.717) is 9.21 Å². The van der Waals surface area contributed by atoms with Crippen molar-refractivity contribution in [3.63, 3.8) is 0 Å². The van der Waals surface area contributed by atoms with Gasteiger partial charge in [-0.1, -0.05) is 11.6 Å². The Morgan fingerprint density at radius 1 is 1.18 bits per heavy atom. The van der Waals surface area contributed by atoms with Crippen LogP contribution in [0.25, 0.3) is 0 Å². The number of hydrogen-bond donors (Lipinski definition) is 4. The fourth-order valence-corrected chi connectivity index (χ4v) is 4.85. The first kappa shape index (κ1) is 27.7. The molecule has 5 amide bonds. The molecule has 38 heavy (non-hydrogen) atoms. The summed E-state index contributed by atoms with van der Waals surface area (Å²) in [5, 5.41) is 10.2. The topological polar surface area (TPSA) is 129 Å². The highest BCUT2D eigenvalue weighted by atomic mass is 35.5. The van der Waals surface area contributed by atoms with E-state index >= 15 is 0 Å². The minimum absolute atomic E-state index is 0.0116. The standard InChI is InChI=1S/C24H26ClF2N5O5S/c25-19-7-6-18(38-19)23(35)28-11-17(31-24(36)29-13-2-1-3-13)22(34)30-16-5-4-14(10-15(16)21(26)27)32-8-9-37-12-20(32)33/h4-7,10,13,17,21H,1-3,8-9,11-12H2,(H,28,35)(H,30,34)(H2,29,31,36)/t17-/m1/s1. The van der Waals surface area contributed by atoms with Crippen molar-refractivity contribution in [3.05, 3.63) is 45.1 Å². The molecule has 4 N–H and O–H groups in total. The second-order valence-corrected chi connectivity index (χ2v) is 10.5. The van der Waals surface area contributed by atoms with Crippen LogP contribution >= 0.6 is 22.9 Å². The molecule has 10 nitrogen and oxygen atoms in total. The summed E-state index contributed by atoms with van der Waals surface area (Å²) in [6.45, 7) is 0.0309. The fourth-order valence-electron chi connectivity index (χ4n) is 3.89. The van der Waals surface area contributed by atoms with E-state index in [1.54, 1.807) is 6.07 Å². The molecule has 1 aromatic carbocycles. The van der Waals surface area contributed by atoms with E-state index in [2.05, 4.69) is 21.3 Å². The molecule has 1 aliphatic heterocycles. The lowest BCUT2D eigenvalue weighted by molar-refractivity contribution is -0.125. The van der Waals surface area contributed by atoms with Crippen molar-refractivity contribution in [1.82, 2.24) is 16.0 Å². The number of benzene rings is 1. The van der Waals surface area contributed by atoms with Gasteiger partial charge in [0, 0.05) is 36.1 Å². The Balaban J connectivity index is 1.48. The molecule has 0 radical (unpaired) electrons. The number of hydrogen-bond acceptors (Lipinski definition) is 6. The van der Waals surface area contributed by atoms with Crippen molar-refractivity contribution in [2.45, 2.75) is 37.8 Å². The molecule has 2 heterocycles. The lowest BCUT2D eigenvalue weighted by Crippen LogP contribution is -2.55. The van der Waals surface area contributed by atoms with E-state index < -0.39 is 35.9 Å². The molecule has 1 aliphatic carbocycles. The molecule has 0 spiro atoms. The summed E-state index contributed by atoms with van der Waals surface area (Å²) in [6.07, 6.45) is -0.347. The van der Waals surface area contributed by atoms with Gasteiger partial charge in [0.1, 0.15) is 12.6 Å². The van der Waals surface area contributed by atoms with E-state index in [1.165, 1.54) is 23.1 Å². The number of anilines is 2. The Kier molecular flexibility index (Phi) is 9.13. The zero-order valence-corrected chi connectivity index (χ0v) is 21.7. The first-order chi connectivity index (χ1) is 18.2. The van der Waals surface area contributed by atoms with E-state index in [-0.39, 0.29) is 49.6 Å². The lowest BCUT2D eigenvalue weighted by Gasteiger charge is -2.28. The summed E-state index contributed by atoms with van der Waals surface area (Å²) in [6, 6.07) is 5.02. The fraction of sp³-hybridized carbons (Fsp3) is 0.417. The third-order valence-electron chi connectivity index (χ3n) is 6.15. The van der Waals surface area contributed by atoms with Gasteiger partial charge in [0.25, 0.3) is 18.2 Å². The molecule has 1 saturated heterocycles. The zero-order valence-electron chi connectivity index (χ0n) is 20.1. The molecule has 2 fully saturated rings. The third-order valence-corrected chi connectivity index (χ3v) is 7.38. The molecular weight excluding hydrogens is 544 g/mol. The Hall–Kier alpha value is -3.29. The summed E-state index contributed by atoms with van der Waals surface area (Å²) in [5.41, 5.74) is -0.426. The number of thiophene rings is 1. The number of urea groups is 1. The predicted octanol–water partition coefficient (Wildman–Crippen LogP) is 3.29. The monoisotopic (exact) mass is 569 g/mol. The lowest BCUT2D eigenvalue weighted by atomic mass is 9.93. The van der Waals surface area contributed by atoms with Gasteiger partial charge >= 0.3 is 6.03 Å². The van der Waals surface area contributed by atoms with Crippen LogP contribution < -0.4 is 26.2 Å². The zero-order chi connectivity index (χ0) is 27.2. The van der Waals surface area contributed by atoms with Crippen molar-refractivity contribution in [3.8, 4) is 0 Å². The van der Waals surface area contributed by atoms with E-state index in [4.69, 9.17) is 16.3 Å². The van der Waals surface area contributed by atoms with Crippen molar-refractivity contribution < 1.29 is 32.7 Å². The van der Waals surface area contributed by atoms with Crippen molar-refractivity contribution >= 4 is 58.1 Å². The van der Waals surface area contributed by atoms with Crippen LogP contribution in [0.3, 0.4) is 0 Å². The number of nitrogens with one attached hydrogen (secondary N) is 4. The van der Waals surface area contributed by atoms with Gasteiger partial charge in [0.15, 0.2) is 0 Å². The van der Waals surface area contributed by atoms with E-state index in [0.717, 1.165) is 36.7 Å². The third kappa shape index (κ3) is 6.97. The number of morpholine rings is 1. The highest BCUT2D eigenvalue weighted by Gasteiger charge is 2.28. The molecule has 1 aromatic heterocycles. The second kappa shape index (κ2) is 12.5. The summed E-state index contributed by atoms with van der Waals surface area (Å²) < 4.78 is 33.4. The maximum atomic E-state index is 13.9. The summed E-state index contributed by atoms with van der Waals surface area (Å²) >= 11 is 6.92. The highest BCUT2D eigenvalue weighted by Crippen LogP contribution is 2.32. The van der Waals surface area contributed by atoms with Gasteiger partial charge < -0.3 is 30.9 Å². The van der Waals surface area contributed by atoms with Gasteiger partial charge in [0.05, 0.1) is 15.8 Å². The number of carbonyl (C=O) groups is 4. The molecule has 0 unspecified atom stereocenters. The Morgan fingerprint density at radius 2 is 1.97 bits per heavy atom. The number of nitrogens with zero attached hydrogens (tertiary/aromatic N) is 1. The van der Waals surface area contributed by atoms with Crippen LogP contribution in [0.4, 0.5) is 25.0 Å². The Labute approximate surface area is 226 Å². The van der Waals surface area contributed by atoms with Crippen LogP contribution in [0.5, 0.6) is 0 Å². The summed E-state index contributed by atoms with van der Waals surface area (Å²) in [4.78, 5) is 51.8. The highest BCUT2D eigenvalue weighted by molar-refractivity contribution is 7.18. The maximum Gasteiger partial charge on any atom is 0.315 e. The SMILES string of the molecule is O=C(NC1CCC1)N[C@H](CNC(=O)c1ccc(Cl)s1)C(=O)Nc1ccc(N2CCOCC2=O)cc1C(F)F. The quantitative estimate of drug-likeness (QED) is 0.368. The number of amides is 5. The molecule has 14 heteroatoms. The molecule has 1 atom stereocenters. The summed E-state index contributed by atoms with van der Waals surface area (Å²) in [7, 11) is 0. The van der Waals surface area contributed by atoms with Crippen LogP contribution in [0.1, 0.15) is 40.9 Å². The number of carbonyl (C=O) groups excluding carboxylic acids is 4. The largest absolute Gasteiger partial charge is 0.370 e. The van der Waals surface area contributed by atoms with E-state index in [1.807, 2.05) is 0 Å². The minimum atomic E-state index is -2.96. The Bertz CT molecular complexity index is 1210. The minimum Gasteiger partial charge on any atom is -0.370 e. The molecule has 2 aromatic rings. The average Bonchev–Trinajstić information content (AvgIpc) is 3.30. The van der Waals surface area contributed by atoms with Gasteiger partial charge in [-0.3, -0.25) is 14.4 Å². The number of ether oxygens (including phenoxy) is 1. The van der Waals surface area contributed by atoms with Gasteiger partial charge in [-0.25, -0.2) is 13.6 Å². The smallest absolute Gasteiger partial charge is 0.315 e. The Morgan fingerprint density at radius 3 is 2.61 bits per heavy atom. The average molecular weight is 570 g/mol. The van der Waals surface area contributed by atoms with Gasteiger partial charge in [-0.05, 0) is 49.6 Å². The van der Waals surface area contributed by atoms with Crippen LogP contribution in [0.2, 0.25) is 4.34 Å². The predicted molar refractivity (Wildman–Crippen MR) is 138 cm³/mol. The molecule has 1 saturated carbocycles. The normalized spacial score (nSPS) is 16.5. The van der Waals surface area contributed by atoms with Crippen LogP contribution in [0, 0.1) is 0 Å². The summed E-state index contributed by atoms with van der Waals surface area (Å²) in [5.74, 6) is -1.68. The molecule has 4 rings (SSSR count). The first-order valence-corrected chi connectivity index (χ1v) is 13.1. The van der Waals surface area contributed by atoms with Crippen LogP contribution in [-0.4, -0.2) is 62.1 Å². The first-order valence-electron chi connectivity index (χ1n) is 11.9. The molecular formula is C24H26ClF2N5O5S. The number of rotatable bonds is 9. The van der Waals surface area contributed by atoms with Crippen molar-refractivity contribution in [2.75, 3.05) is 36.5 Å². The maximum absolute atomic E-state index is 13.9. The van der Waals surface area contributed by atoms with Crippen molar-refractivity contribution in [2.24, 2.45) is 0 Å². The van der Waals surface area contributed by atoms with Gasteiger partial charge in [-0.15, -0.1) is 11.3 Å². The number of alkyl halides is 2. The van der Waals surface area contributed by atoms with Gasteiger partial charge in [-0.2, -0.15) is 0 Å². The van der Waals surface area contributed by atoms with Crippen LogP contribution in [0.15, 0.2) is 30.3 Å². The molecule has 0 bridgehead atoms. The molecule has 204 valence electrons.